The lowest BCUT2D eigenvalue weighted by atomic mass is 10.2. The van der Waals surface area contributed by atoms with Gasteiger partial charge in [0.15, 0.2) is 0 Å². The minimum Gasteiger partial charge on any atom is -0.506 e. The van der Waals surface area contributed by atoms with Crippen LogP contribution in [0, 0.1) is 11.3 Å². The van der Waals surface area contributed by atoms with Gasteiger partial charge in [-0.05, 0) is 35.9 Å². The van der Waals surface area contributed by atoms with Crippen LogP contribution in [0.25, 0.3) is 11.0 Å². The van der Waals surface area contributed by atoms with Crippen molar-refractivity contribution in [2.75, 3.05) is 0 Å². The Morgan fingerprint density at radius 2 is 2.05 bits per heavy atom. The third-order valence-electron chi connectivity index (χ3n) is 3.01. The molecule has 0 amide bonds. The van der Waals surface area contributed by atoms with E-state index < -0.39 is 0 Å². The van der Waals surface area contributed by atoms with Gasteiger partial charge < -0.3 is 14.3 Å². The molecular formula is C16H11NO3. The molecule has 0 aliphatic carbocycles. The second-order valence-corrected chi connectivity index (χ2v) is 4.37. The normalized spacial score (nSPS) is 10.3. The number of hydrogen-bond acceptors (Lipinski definition) is 4. The summed E-state index contributed by atoms with van der Waals surface area (Å²) in [7, 11) is 0. The van der Waals surface area contributed by atoms with Crippen LogP contribution in [0.3, 0.4) is 0 Å². The Morgan fingerprint density at radius 3 is 2.85 bits per heavy atom. The number of benzene rings is 2. The summed E-state index contributed by atoms with van der Waals surface area (Å²) in [6.45, 7) is 0.381. The van der Waals surface area contributed by atoms with Gasteiger partial charge in [-0.25, -0.2) is 0 Å². The number of hydrogen-bond donors (Lipinski definition) is 1. The molecule has 98 valence electrons. The van der Waals surface area contributed by atoms with Crippen LogP contribution in [-0.4, -0.2) is 5.11 Å². The van der Waals surface area contributed by atoms with Crippen molar-refractivity contribution in [3.8, 4) is 17.6 Å². The number of aromatic hydroxyl groups is 1. The predicted molar refractivity (Wildman–Crippen MR) is 73.4 cm³/mol. The van der Waals surface area contributed by atoms with Crippen LogP contribution in [0.1, 0.15) is 11.1 Å². The van der Waals surface area contributed by atoms with Gasteiger partial charge in [0.05, 0.1) is 11.8 Å². The van der Waals surface area contributed by atoms with E-state index in [1.54, 1.807) is 12.3 Å². The number of nitrogens with zero attached hydrogens (tertiary/aromatic N) is 1. The van der Waals surface area contributed by atoms with Crippen molar-refractivity contribution >= 4 is 11.0 Å². The first-order valence-corrected chi connectivity index (χ1v) is 6.08. The monoisotopic (exact) mass is 265 g/mol. The van der Waals surface area contributed by atoms with Crippen molar-refractivity contribution in [1.82, 2.24) is 0 Å². The molecule has 20 heavy (non-hydrogen) atoms. The fourth-order valence-electron chi connectivity index (χ4n) is 1.97. The maximum absolute atomic E-state index is 9.59. The molecule has 0 bridgehead atoms. The molecule has 0 aliphatic heterocycles. The van der Waals surface area contributed by atoms with Crippen molar-refractivity contribution in [3.63, 3.8) is 0 Å². The summed E-state index contributed by atoms with van der Waals surface area (Å²) < 4.78 is 10.9. The molecule has 4 heteroatoms. The molecule has 0 unspecified atom stereocenters. The lowest BCUT2D eigenvalue weighted by Gasteiger charge is -2.07. The maximum Gasteiger partial charge on any atom is 0.137 e. The van der Waals surface area contributed by atoms with E-state index in [0.717, 1.165) is 16.5 Å². The van der Waals surface area contributed by atoms with Crippen LogP contribution in [0.5, 0.6) is 11.5 Å². The molecule has 3 aromatic rings. The van der Waals surface area contributed by atoms with Gasteiger partial charge in [0.25, 0.3) is 0 Å². The Kier molecular flexibility index (Phi) is 3.02. The average molecular weight is 265 g/mol. The number of furan rings is 1. The SMILES string of the molecule is N#Cc1ccc(OCc2ccc3occc3c2)cc1O. The molecular weight excluding hydrogens is 254 g/mol. The zero-order chi connectivity index (χ0) is 13.9. The highest BCUT2D eigenvalue weighted by Crippen LogP contribution is 2.24. The summed E-state index contributed by atoms with van der Waals surface area (Å²) in [5, 5.41) is 19.3. The van der Waals surface area contributed by atoms with Gasteiger partial charge in [-0.3, -0.25) is 0 Å². The summed E-state index contributed by atoms with van der Waals surface area (Å²) in [5.41, 5.74) is 2.07. The summed E-state index contributed by atoms with van der Waals surface area (Å²) >= 11 is 0. The van der Waals surface area contributed by atoms with E-state index in [4.69, 9.17) is 14.4 Å². The first-order chi connectivity index (χ1) is 9.76. The molecule has 0 spiro atoms. The van der Waals surface area contributed by atoms with E-state index in [0.29, 0.717) is 12.4 Å². The van der Waals surface area contributed by atoms with Crippen molar-refractivity contribution in [2.24, 2.45) is 0 Å². The molecule has 0 saturated heterocycles. The van der Waals surface area contributed by atoms with Gasteiger partial charge in [-0.15, -0.1) is 0 Å². The third kappa shape index (κ3) is 2.29. The second kappa shape index (κ2) is 4.98. The summed E-state index contributed by atoms with van der Waals surface area (Å²) in [5.74, 6) is 0.448. The molecule has 0 radical (unpaired) electrons. The molecule has 0 atom stereocenters. The molecule has 1 heterocycles. The number of phenolic OH excluding ortho intramolecular Hbond substituents is 1. The minimum absolute atomic E-state index is 0.0738. The Morgan fingerprint density at radius 1 is 1.15 bits per heavy atom. The van der Waals surface area contributed by atoms with Gasteiger partial charge in [0, 0.05) is 11.5 Å². The van der Waals surface area contributed by atoms with E-state index >= 15 is 0 Å². The molecule has 3 rings (SSSR count). The highest BCUT2D eigenvalue weighted by molar-refractivity contribution is 5.77. The van der Waals surface area contributed by atoms with Crippen LogP contribution in [0.4, 0.5) is 0 Å². The topological polar surface area (TPSA) is 66.4 Å². The molecule has 2 aromatic carbocycles. The van der Waals surface area contributed by atoms with Gasteiger partial charge in [0.2, 0.25) is 0 Å². The molecule has 0 fully saturated rings. The molecule has 0 saturated carbocycles. The Bertz CT molecular complexity index is 799. The van der Waals surface area contributed by atoms with Crippen LogP contribution in [0.2, 0.25) is 0 Å². The number of fused-ring (bicyclic) bond motifs is 1. The molecule has 1 aromatic heterocycles. The van der Waals surface area contributed by atoms with E-state index in [-0.39, 0.29) is 11.3 Å². The molecule has 0 aliphatic rings. The Hall–Kier alpha value is -2.93. The smallest absolute Gasteiger partial charge is 0.137 e. The van der Waals surface area contributed by atoms with Crippen LogP contribution < -0.4 is 4.74 Å². The van der Waals surface area contributed by atoms with E-state index in [2.05, 4.69) is 0 Å². The van der Waals surface area contributed by atoms with E-state index in [1.807, 2.05) is 30.3 Å². The Balaban J connectivity index is 1.75. The fraction of sp³-hybridized carbons (Fsp3) is 0.0625. The van der Waals surface area contributed by atoms with E-state index in [1.165, 1.54) is 12.1 Å². The largest absolute Gasteiger partial charge is 0.506 e. The summed E-state index contributed by atoms with van der Waals surface area (Å²) in [6, 6.07) is 14.2. The number of rotatable bonds is 3. The van der Waals surface area contributed by atoms with Crippen LogP contribution in [-0.2, 0) is 6.61 Å². The highest BCUT2D eigenvalue weighted by atomic mass is 16.5. The fourth-order valence-corrected chi connectivity index (χ4v) is 1.97. The number of ether oxygens (including phenoxy) is 1. The lowest BCUT2D eigenvalue weighted by Crippen LogP contribution is -1.95. The standard InChI is InChI=1S/C16H11NO3/c17-9-13-2-3-14(8-15(13)18)20-10-11-1-4-16-12(7-11)5-6-19-16/h1-8,18H,10H2. The van der Waals surface area contributed by atoms with Gasteiger partial charge in [-0.2, -0.15) is 5.26 Å². The van der Waals surface area contributed by atoms with Crippen molar-refractivity contribution < 1.29 is 14.3 Å². The van der Waals surface area contributed by atoms with E-state index in [9.17, 15) is 5.11 Å². The number of phenols is 1. The van der Waals surface area contributed by atoms with Gasteiger partial charge in [-0.1, -0.05) is 6.07 Å². The predicted octanol–water partition coefficient (Wildman–Crippen LogP) is 3.59. The quantitative estimate of drug-likeness (QED) is 0.785. The van der Waals surface area contributed by atoms with Gasteiger partial charge in [0.1, 0.15) is 29.8 Å². The van der Waals surface area contributed by atoms with Gasteiger partial charge >= 0.3 is 0 Å². The maximum atomic E-state index is 9.59. The van der Waals surface area contributed by atoms with Crippen molar-refractivity contribution in [1.29, 1.82) is 5.26 Å². The van der Waals surface area contributed by atoms with Crippen molar-refractivity contribution in [2.45, 2.75) is 6.61 Å². The average Bonchev–Trinajstić information content (AvgIpc) is 2.92. The van der Waals surface area contributed by atoms with Crippen LogP contribution in [0.15, 0.2) is 53.1 Å². The zero-order valence-corrected chi connectivity index (χ0v) is 10.5. The number of nitriles is 1. The molecule has 4 nitrogen and oxygen atoms in total. The second-order valence-electron chi connectivity index (χ2n) is 4.37. The first-order valence-electron chi connectivity index (χ1n) is 6.08. The Labute approximate surface area is 115 Å². The van der Waals surface area contributed by atoms with Crippen LogP contribution >= 0.6 is 0 Å². The summed E-state index contributed by atoms with van der Waals surface area (Å²) in [6.07, 6.45) is 1.65. The van der Waals surface area contributed by atoms with Crippen molar-refractivity contribution in [3.05, 3.63) is 59.9 Å². The first kappa shape index (κ1) is 12.1. The highest BCUT2D eigenvalue weighted by Gasteiger charge is 2.04. The minimum atomic E-state index is -0.0738. The lowest BCUT2D eigenvalue weighted by molar-refractivity contribution is 0.304. The third-order valence-corrected chi connectivity index (χ3v) is 3.01. The summed E-state index contributed by atoms with van der Waals surface area (Å²) in [4.78, 5) is 0. The molecule has 1 N–H and O–H groups in total. The zero-order valence-electron chi connectivity index (χ0n) is 10.5.